The highest BCUT2D eigenvalue weighted by Gasteiger charge is 2.01. The van der Waals surface area contributed by atoms with Crippen molar-refractivity contribution < 1.29 is 4.39 Å². The molecule has 1 rings (SSSR count). The van der Waals surface area contributed by atoms with Gasteiger partial charge in [-0.25, -0.2) is 9.37 Å². The molecule has 48 valence electrons. The van der Waals surface area contributed by atoms with Gasteiger partial charge in [-0.15, -0.1) is 0 Å². The molecule has 0 atom stereocenters. The van der Waals surface area contributed by atoms with E-state index in [1.54, 1.807) is 0 Å². The third-order valence-electron chi connectivity index (χ3n) is 0.800. The smallest absolute Gasteiger partial charge is 0.141 e. The molecule has 0 aliphatic rings. The molecular weight excluding hydrogens is 253 g/mol. The van der Waals surface area contributed by atoms with Crippen LogP contribution in [-0.4, -0.2) is 4.98 Å². The molecule has 0 spiro atoms. The number of aromatic nitrogens is 1. The lowest BCUT2D eigenvalue weighted by Crippen LogP contribution is -1.80. The maximum atomic E-state index is 12.5. The molecule has 0 saturated carbocycles. The normalized spacial score (nSPS) is 9.67. The van der Waals surface area contributed by atoms with Gasteiger partial charge in [0.1, 0.15) is 10.4 Å². The van der Waals surface area contributed by atoms with E-state index in [1.165, 1.54) is 12.3 Å². The zero-order valence-corrected chi connectivity index (χ0v) is 7.41. The second-order valence-electron chi connectivity index (χ2n) is 1.40. The first-order valence-corrected chi connectivity index (χ1v) is 3.76. The van der Waals surface area contributed by atoms with Crippen LogP contribution < -0.4 is 0 Å². The minimum Gasteiger partial charge on any atom is -0.248 e. The van der Waals surface area contributed by atoms with Crippen molar-refractivity contribution in [3.63, 3.8) is 0 Å². The van der Waals surface area contributed by atoms with Crippen molar-refractivity contribution in [2.24, 2.45) is 0 Å². The molecule has 0 aliphatic carbocycles. The number of hydrogen-bond donors (Lipinski definition) is 0. The van der Waals surface area contributed by atoms with Gasteiger partial charge in [0, 0.05) is 6.20 Å². The first-order chi connectivity index (χ1) is 4.22. The van der Waals surface area contributed by atoms with Crippen molar-refractivity contribution in [2.45, 2.75) is 0 Å². The summed E-state index contributed by atoms with van der Waals surface area (Å²) < 4.78 is 13.3. The lowest BCUT2D eigenvalue weighted by molar-refractivity contribution is 0.617. The van der Waals surface area contributed by atoms with Crippen LogP contribution in [0.1, 0.15) is 0 Å². The van der Waals surface area contributed by atoms with Crippen molar-refractivity contribution in [3.05, 3.63) is 27.2 Å². The van der Waals surface area contributed by atoms with E-state index in [1.807, 2.05) is 0 Å². The maximum Gasteiger partial charge on any atom is 0.141 e. The Hall–Kier alpha value is 0.0400. The van der Waals surface area contributed by atoms with Crippen molar-refractivity contribution in [1.82, 2.24) is 4.98 Å². The number of hydrogen-bond acceptors (Lipinski definition) is 1. The van der Waals surface area contributed by atoms with Crippen LogP contribution in [0.4, 0.5) is 4.39 Å². The molecule has 0 fully saturated rings. The van der Waals surface area contributed by atoms with Crippen molar-refractivity contribution in [1.29, 1.82) is 0 Å². The lowest BCUT2D eigenvalue weighted by Gasteiger charge is -1.92. The summed E-state index contributed by atoms with van der Waals surface area (Å²) in [7, 11) is 0. The Kier molecular flexibility index (Phi) is 2.18. The van der Waals surface area contributed by atoms with E-state index < -0.39 is 0 Å². The molecule has 0 aromatic carbocycles. The molecule has 0 saturated heterocycles. The van der Waals surface area contributed by atoms with Gasteiger partial charge in [0.25, 0.3) is 0 Å². The molecule has 0 bridgehead atoms. The highest BCUT2D eigenvalue weighted by atomic mass is 79.9. The van der Waals surface area contributed by atoms with E-state index >= 15 is 0 Å². The van der Waals surface area contributed by atoms with Gasteiger partial charge in [0.15, 0.2) is 0 Å². The second-order valence-corrected chi connectivity index (χ2v) is 2.94. The highest BCUT2D eigenvalue weighted by Crippen LogP contribution is 2.22. The van der Waals surface area contributed by atoms with Crippen LogP contribution in [0.2, 0.25) is 0 Å². The van der Waals surface area contributed by atoms with Gasteiger partial charge in [0.2, 0.25) is 0 Å². The summed E-state index contributed by atoms with van der Waals surface area (Å²) in [6, 6.07) is 1.29. The second kappa shape index (κ2) is 2.75. The predicted octanol–water partition coefficient (Wildman–Crippen LogP) is 2.75. The van der Waals surface area contributed by atoms with Crippen LogP contribution >= 0.6 is 31.9 Å². The van der Waals surface area contributed by atoms with E-state index in [2.05, 4.69) is 36.8 Å². The molecule has 0 N–H and O–H groups in total. The zero-order valence-electron chi connectivity index (χ0n) is 4.24. The summed E-state index contributed by atoms with van der Waals surface area (Å²) in [5.41, 5.74) is 0. The third-order valence-corrected chi connectivity index (χ3v) is 2.69. The standard InChI is InChI=1S/C5H2Br2FN/c6-4-3(8)1-2-9-5(4)7/h1-2H. The molecule has 1 aromatic rings. The molecule has 0 amide bonds. The summed E-state index contributed by atoms with van der Waals surface area (Å²) >= 11 is 6.04. The Morgan fingerprint density at radius 2 is 2.11 bits per heavy atom. The topological polar surface area (TPSA) is 12.9 Å². The first kappa shape index (κ1) is 7.15. The minimum absolute atomic E-state index is 0.308. The maximum absolute atomic E-state index is 12.5. The number of pyridine rings is 1. The van der Waals surface area contributed by atoms with Gasteiger partial charge >= 0.3 is 0 Å². The fourth-order valence-electron chi connectivity index (χ4n) is 0.397. The van der Waals surface area contributed by atoms with Crippen LogP contribution in [0.5, 0.6) is 0 Å². The van der Waals surface area contributed by atoms with Crippen molar-refractivity contribution in [3.8, 4) is 0 Å². The Morgan fingerprint density at radius 3 is 2.56 bits per heavy atom. The van der Waals surface area contributed by atoms with E-state index in [-0.39, 0.29) is 5.82 Å². The third kappa shape index (κ3) is 1.49. The molecule has 4 heteroatoms. The van der Waals surface area contributed by atoms with Gasteiger partial charge in [-0.1, -0.05) is 0 Å². The molecule has 0 unspecified atom stereocenters. The van der Waals surface area contributed by atoms with E-state index in [9.17, 15) is 4.39 Å². The molecule has 1 heterocycles. The highest BCUT2D eigenvalue weighted by molar-refractivity contribution is 9.13. The van der Waals surface area contributed by atoms with Gasteiger partial charge in [-0.2, -0.15) is 0 Å². The molecule has 0 radical (unpaired) electrons. The summed E-state index contributed by atoms with van der Waals surface area (Å²) in [5, 5.41) is 0. The summed E-state index contributed by atoms with van der Waals surface area (Å²) in [4.78, 5) is 3.77. The van der Waals surface area contributed by atoms with Gasteiger partial charge < -0.3 is 0 Å². The van der Waals surface area contributed by atoms with E-state index in [0.29, 0.717) is 9.08 Å². The fraction of sp³-hybridized carbons (Fsp3) is 0. The van der Waals surface area contributed by atoms with E-state index in [4.69, 9.17) is 0 Å². The minimum atomic E-state index is -0.308. The number of rotatable bonds is 0. The zero-order chi connectivity index (χ0) is 6.85. The van der Waals surface area contributed by atoms with Crippen LogP contribution in [-0.2, 0) is 0 Å². The summed E-state index contributed by atoms with van der Waals surface area (Å²) in [5.74, 6) is -0.308. The Bertz CT molecular complexity index is 206. The quantitative estimate of drug-likeness (QED) is 0.649. The number of halogens is 3. The predicted molar refractivity (Wildman–Crippen MR) is 39.6 cm³/mol. The Morgan fingerprint density at radius 1 is 1.44 bits per heavy atom. The molecule has 0 aliphatic heterocycles. The van der Waals surface area contributed by atoms with Crippen LogP contribution in [0.25, 0.3) is 0 Å². The largest absolute Gasteiger partial charge is 0.248 e. The average Bonchev–Trinajstić information content (AvgIpc) is 1.83. The molecule has 9 heavy (non-hydrogen) atoms. The Labute approximate surface area is 68.6 Å². The van der Waals surface area contributed by atoms with E-state index in [0.717, 1.165) is 0 Å². The van der Waals surface area contributed by atoms with Gasteiger partial charge in [-0.3, -0.25) is 0 Å². The fourth-order valence-corrected chi connectivity index (χ4v) is 0.939. The van der Waals surface area contributed by atoms with Gasteiger partial charge in [0.05, 0.1) is 4.47 Å². The van der Waals surface area contributed by atoms with Gasteiger partial charge in [-0.05, 0) is 37.9 Å². The Balaban J connectivity index is 3.25. The number of nitrogens with zero attached hydrogens (tertiary/aromatic N) is 1. The van der Waals surface area contributed by atoms with Crippen LogP contribution in [0.3, 0.4) is 0 Å². The SMILES string of the molecule is Fc1ccnc(Br)c1Br. The lowest BCUT2D eigenvalue weighted by atomic mass is 10.5. The van der Waals surface area contributed by atoms with Crippen molar-refractivity contribution >= 4 is 31.9 Å². The summed E-state index contributed by atoms with van der Waals surface area (Å²) in [6.07, 6.45) is 1.39. The molecule has 1 aromatic heterocycles. The van der Waals surface area contributed by atoms with Crippen LogP contribution in [0, 0.1) is 5.82 Å². The first-order valence-electron chi connectivity index (χ1n) is 2.17. The summed E-state index contributed by atoms with van der Waals surface area (Å²) in [6.45, 7) is 0. The van der Waals surface area contributed by atoms with Crippen molar-refractivity contribution in [2.75, 3.05) is 0 Å². The monoisotopic (exact) mass is 253 g/mol. The van der Waals surface area contributed by atoms with Crippen LogP contribution in [0.15, 0.2) is 21.3 Å². The molecular formula is C5H2Br2FN. The average molecular weight is 255 g/mol. The molecule has 1 nitrogen and oxygen atoms in total.